The van der Waals surface area contributed by atoms with Crippen LogP contribution in [0.25, 0.3) is 5.57 Å². The number of aryl methyl sites for hydroxylation is 2. The monoisotopic (exact) mass is 267 g/mol. The van der Waals surface area contributed by atoms with Crippen molar-refractivity contribution in [3.05, 3.63) is 65.4 Å². The molecular formula is C19H25N. The van der Waals surface area contributed by atoms with Gasteiger partial charge in [0.05, 0.1) is 0 Å². The van der Waals surface area contributed by atoms with Gasteiger partial charge in [0.1, 0.15) is 0 Å². The highest BCUT2D eigenvalue weighted by molar-refractivity contribution is 5.65. The second kappa shape index (κ2) is 6.60. The van der Waals surface area contributed by atoms with Crippen LogP contribution in [0, 0.1) is 0 Å². The maximum Gasteiger partial charge on any atom is 0.0445 e. The van der Waals surface area contributed by atoms with Gasteiger partial charge < -0.3 is 5.32 Å². The van der Waals surface area contributed by atoms with Crippen LogP contribution in [0.15, 0.2) is 48.7 Å². The van der Waals surface area contributed by atoms with Gasteiger partial charge in [0.25, 0.3) is 0 Å². The van der Waals surface area contributed by atoms with E-state index in [2.05, 4.69) is 69.2 Å². The quantitative estimate of drug-likeness (QED) is 0.819. The lowest BCUT2D eigenvalue weighted by molar-refractivity contribution is 0.629. The maximum atomic E-state index is 4.06. The molecule has 2 rings (SSSR count). The summed E-state index contributed by atoms with van der Waals surface area (Å²) in [6.45, 7) is 10.5. The molecule has 0 bridgehead atoms. The SMILES string of the molecule is C=C(C)c1ccc(CCC2C=CC(C)=CN2)cc1CC. The molecule has 0 spiro atoms. The van der Waals surface area contributed by atoms with Crippen LogP contribution >= 0.6 is 0 Å². The van der Waals surface area contributed by atoms with Gasteiger partial charge in [0, 0.05) is 6.04 Å². The molecule has 0 amide bonds. The molecule has 1 aliphatic rings. The van der Waals surface area contributed by atoms with E-state index in [0.717, 1.165) is 24.8 Å². The lowest BCUT2D eigenvalue weighted by atomic mass is 9.95. The summed E-state index contributed by atoms with van der Waals surface area (Å²) in [5, 5.41) is 3.43. The molecule has 0 saturated carbocycles. The molecule has 1 N–H and O–H groups in total. The summed E-state index contributed by atoms with van der Waals surface area (Å²) < 4.78 is 0. The number of nitrogens with one attached hydrogen (secondary N) is 1. The molecule has 0 aliphatic carbocycles. The third kappa shape index (κ3) is 3.63. The van der Waals surface area contributed by atoms with Crippen LogP contribution in [-0.2, 0) is 12.8 Å². The Hall–Kier alpha value is -1.76. The average molecular weight is 267 g/mol. The Balaban J connectivity index is 2.00. The van der Waals surface area contributed by atoms with Gasteiger partial charge in [0.15, 0.2) is 0 Å². The van der Waals surface area contributed by atoms with Gasteiger partial charge in [-0.3, -0.25) is 0 Å². The first-order valence-corrected chi connectivity index (χ1v) is 7.49. The predicted octanol–water partition coefficient (Wildman–Crippen LogP) is 4.65. The van der Waals surface area contributed by atoms with Crippen LogP contribution in [0.5, 0.6) is 0 Å². The van der Waals surface area contributed by atoms with Crippen molar-refractivity contribution in [3.8, 4) is 0 Å². The van der Waals surface area contributed by atoms with Crippen LogP contribution in [0.1, 0.15) is 43.9 Å². The van der Waals surface area contributed by atoms with E-state index < -0.39 is 0 Å². The van der Waals surface area contributed by atoms with Crippen molar-refractivity contribution in [1.29, 1.82) is 0 Å². The Morgan fingerprint density at radius 2 is 2.15 bits per heavy atom. The molecule has 1 aromatic rings. The van der Waals surface area contributed by atoms with Gasteiger partial charge in [-0.1, -0.05) is 49.4 Å². The van der Waals surface area contributed by atoms with Crippen LogP contribution in [0.4, 0.5) is 0 Å². The van der Waals surface area contributed by atoms with Gasteiger partial charge in [-0.2, -0.15) is 0 Å². The number of allylic oxidation sites excluding steroid dienone is 3. The molecule has 20 heavy (non-hydrogen) atoms. The van der Waals surface area contributed by atoms with E-state index in [-0.39, 0.29) is 0 Å². The van der Waals surface area contributed by atoms with Gasteiger partial charge in [-0.25, -0.2) is 0 Å². The standard InChI is InChI=1S/C19H25N/c1-5-17-12-16(8-11-19(17)14(2)3)7-10-18-9-6-15(4)13-20-18/h6,8-9,11-13,18,20H,2,5,7,10H2,1,3-4H3. The van der Waals surface area contributed by atoms with Gasteiger partial charge >= 0.3 is 0 Å². The molecule has 1 heteroatoms. The number of hydrogen-bond donors (Lipinski definition) is 1. The molecule has 0 radical (unpaired) electrons. The maximum absolute atomic E-state index is 4.06. The summed E-state index contributed by atoms with van der Waals surface area (Å²) in [7, 11) is 0. The minimum Gasteiger partial charge on any atom is -0.384 e. The molecule has 0 saturated heterocycles. The number of dihydropyridines is 1. The zero-order valence-electron chi connectivity index (χ0n) is 12.9. The van der Waals surface area contributed by atoms with Crippen LogP contribution < -0.4 is 5.32 Å². The van der Waals surface area contributed by atoms with E-state index in [0.29, 0.717) is 6.04 Å². The van der Waals surface area contributed by atoms with E-state index in [1.54, 1.807) is 0 Å². The second-order valence-corrected chi connectivity index (χ2v) is 5.68. The molecule has 1 heterocycles. The molecule has 1 atom stereocenters. The van der Waals surface area contributed by atoms with Crippen molar-refractivity contribution in [2.45, 2.75) is 46.1 Å². The van der Waals surface area contributed by atoms with E-state index in [1.807, 2.05) is 0 Å². The van der Waals surface area contributed by atoms with Crippen molar-refractivity contribution in [2.24, 2.45) is 0 Å². The van der Waals surface area contributed by atoms with Gasteiger partial charge in [-0.15, -0.1) is 0 Å². The molecule has 1 nitrogen and oxygen atoms in total. The molecule has 1 unspecified atom stereocenters. The Morgan fingerprint density at radius 1 is 1.35 bits per heavy atom. The molecular weight excluding hydrogens is 242 g/mol. The van der Waals surface area contributed by atoms with E-state index in [9.17, 15) is 0 Å². The first-order chi connectivity index (χ1) is 9.60. The lowest BCUT2D eigenvalue weighted by Crippen LogP contribution is -2.25. The van der Waals surface area contributed by atoms with E-state index in [1.165, 1.54) is 22.3 Å². The lowest BCUT2D eigenvalue weighted by Gasteiger charge is -2.18. The molecule has 1 aliphatic heterocycles. The predicted molar refractivity (Wildman–Crippen MR) is 88.7 cm³/mol. The van der Waals surface area contributed by atoms with Crippen molar-refractivity contribution < 1.29 is 0 Å². The van der Waals surface area contributed by atoms with Crippen LogP contribution in [-0.4, -0.2) is 6.04 Å². The Morgan fingerprint density at radius 3 is 2.75 bits per heavy atom. The Kier molecular flexibility index (Phi) is 4.84. The fraction of sp³-hybridized carbons (Fsp3) is 0.368. The Labute approximate surface area is 123 Å². The summed E-state index contributed by atoms with van der Waals surface area (Å²) >= 11 is 0. The normalized spacial score (nSPS) is 17.6. The summed E-state index contributed by atoms with van der Waals surface area (Å²) in [6, 6.07) is 7.28. The first kappa shape index (κ1) is 14.6. The summed E-state index contributed by atoms with van der Waals surface area (Å²) in [5.74, 6) is 0. The largest absolute Gasteiger partial charge is 0.384 e. The van der Waals surface area contributed by atoms with Crippen LogP contribution in [0.3, 0.4) is 0 Å². The van der Waals surface area contributed by atoms with Crippen molar-refractivity contribution in [3.63, 3.8) is 0 Å². The highest BCUT2D eigenvalue weighted by Crippen LogP contribution is 2.21. The summed E-state index contributed by atoms with van der Waals surface area (Å²) in [6.07, 6.45) is 9.88. The van der Waals surface area contributed by atoms with E-state index in [4.69, 9.17) is 0 Å². The average Bonchev–Trinajstić information content (AvgIpc) is 2.46. The minimum absolute atomic E-state index is 0.463. The van der Waals surface area contributed by atoms with Gasteiger partial charge in [-0.05, 0) is 61.6 Å². The fourth-order valence-electron chi connectivity index (χ4n) is 2.62. The number of rotatable bonds is 5. The summed E-state index contributed by atoms with van der Waals surface area (Å²) in [5.41, 5.74) is 6.60. The number of benzene rings is 1. The van der Waals surface area contributed by atoms with Crippen molar-refractivity contribution in [2.75, 3.05) is 0 Å². The molecule has 0 fully saturated rings. The zero-order chi connectivity index (χ0) is 14.5. The molecule has 1 aromatic carbocycles. The van der Waals surface area contributed by atoms with Gasteiger partial charge in [0.2, 0.25) is 0 Å². The second-order valence-electron chi connectivity index (χ2n) is 5.68. The highest BCUT2D eigenvalue weighted by atomic mass is 14.9. The zero-order valence-corrected chi connectivity index (χ0v) is 12.9. The third-order valence-electron chi connectivity index (χ3n) is 3.87. The molecule has 106 valence electrons. The Bertz CT molecular complexity index is 549. The van der Waals surface area contributed by atoms with E-state index >= 15 is 0 Å². The summed E-state index contributed by atoms with van der Waals surface area (Å²) in [4.78, 5) is 0. The van der Waals surface area contributed by atoms with Crippen LogP contribution in [0.2, 0.25) is 0 Å². The highest BCUT2D eigenvalue weighted by Gasteiger charge is 2.08. The fourth-order valence-corrected chi connectivity index (χ4v) is 2.62. The number of hydrogen-bond acceptors (Lipinski definition) is 1. The topological polar surface area (TPSA) is 12.0 Å². The molecule has 0 aromatic heterocycles. The first-order valence-electron chi connectivity index (χ1n) is 7.49. The minimum atomic E-state index is 0.463. The third-order valence-corrected chi connectivity index (χ3v) is 3.87. The van der Waals surface area contributed by atoms with Crippen molar-refractivity contribution >= 4 is 5.57 Å². The smallest absolute Gasteiger partial charge is 0.0445 e. The van der Waals surface area contributed by atoms with Crippen molar-refractivity contribution in [1.82, 2.24) is 5.32 Å².